The molecule has 0 aliphatic carbocycles. The van der Waals surface area contributed by atoms with Gasteiger partial charge >= 0.3 is 0 Å². The fourth-order valence-electron chi connectivity index (χ4n) is 1.08. The van der Waals surface area contributed by atoms with Gasteiger partial charge in [0.2, 0.25) is 5.91 Å². The Labute approximate surface area is 83.7 Å². The summed E-state index contributed by atoms with van der Waals surface area (Å²) in [6, 6.07) is 7.68. The van der Waals surface area contributed by atoms with Gasteiger partial charge in [0.05, 0.1) is 6.54 Å². The highest BCUT2D eigenvalue weighted by atomic mass is 16.2. The lowest BCUT2D eigenvalue weighted by molar-refractivity contribution is -0.115. The zero-order valence-corrected chi connectivity index (χ0v) is 8.42. The SMILES string of the molecule is CNNCC(=O)Nc1ccccc1C. The molecule has 0 aromatic heterocycles. The molecule has 0 saturated carbocycles. The molecular formula is C10H15N3O. The van der Waals surface area contributed by atoms with Gasteiger partial charge in [-0.3, -0.25) is 10.2 Å². The monoisotopic (exact) mass is 193 g/mol. The van der Waals surface area contributed by atoms with Crippen molar-refractivity contribution in [1.29, 1.82) is 0 Å². The number of benzene rings is 1. The van der Waals surface area contributed by atoms with Crippen LogP contribution in [0.1, 0.15) is 5.56 Å². The largest absolute Gasteiger partial charge is 0.325 e. The predicted molar refractivity (Wildman–Crippen MR) is 56.9 cm³/mol. The van der Waals surface area contributed by atoms with Crippen LogP contribution in [0.25, 0.3) is 0 Å². The molecule has 0 heterocycles. The number of hydrogen-bond donors (Lipinski definition) is 3. The second-order valence-electron chi connectivity index (χ2n) is 2.97. The Morgan fingerprint density at radius 3 is 2.71 bits per heavy atom. The number of carbonyl (C=O) groups is 1. The average molecular weight is 193 g/mol. The predicted octanol–water partition coefficient (Wildman–Crippen LogP) is 0.658. The van der Waals surface area contributed by atoms with Crippen molar-refractivity contribution in [3.63, 3.8) is 0 Å². The van der Waals surface area contributed by atoms with Crippen LogP contribution < -0.4 is 16.2 Å². The van der Waals surface area contributed by atoms with Crippen molar-refractivity contribution in [2.75, 3.05) is 18.9 Å². The molecule has 0 aliphatic rings. The molecule has 4 nitrogen and oxygen atoms in total. The number of hydrazine groups is 1. The minimum absolute atomic E-state index is 0.0614. The number of anilines is 1. The fourth-order valence-corrected chi connectivity index (χ4v) is 1.08. The molecule has 0 spiro atoms. The first kappa shape index (κ1) is 10.7. The summed E-state index contributed by atoms with van der Waals surface area (Å²) in [4.78, 5) is 11.3. The van der Waals surface area contributed by atoms with E-state index in [9.17, 15) is 4.79 Å². The Hall–Kier alpha value is -1.39. The third-order valence-corrected chi connectivity index (χ3v) is 1.84. The number of rotatable bonds is 4. The molecule has 0 aliphatic heterocycles. The van der Waals surface area contributed by atoms with E-state index < -0.39 is 0 Å². The summed E-state index contributed by atoms with van der Waals surface area (Å²) in [5.41, 5.74) is 7.33. The van der Waals surface area contributed by atoms with Gasteiger partial charge in [-0.25, -0.2) is 5.43 Å². The molecule has 1 rings (SSSR count). The van der Waals surface area contributed by atoms with Gasteiger partial charge in [-0.1, -0.05) is 18.2 Å². The molecule has 0 radical (unpaired) electrons. The highest BCUT2D eigenvalue weighted by molar-refractivity contribution is 5.92. The van der Waals surface area contributed by atoms with Crippen molar-refractivity contribution in [2.45, 2.75) is 6.92 Å². The van der Waals surface area contributed by atoms with E-state index >= 15 is 0 Å². The van der Waals surface area contributed by atoms with Crippen molar-refractivity contribution in [1.82, 2.24) is 10.9 Å². The van der Waals surface area contributed by atoms with Gasteiger partial charge in [-0.05, 0) is 25.6 Å². The van der Waals surface area contributed by atoms with E-state index in [-0.39, 0.29) is 12.5 Å². The van der Waals surface area contributed by atoms with Crippen LogP contribution in [0.5, 0.6) is 0 Å². The second kappa shape index (κ2) is 5.36. The lowest BCUT2D eigenvalue weighted by Gasteiger charge is -2.07. The van der Waals surface area contributed by atoms with Gasteiger partial charge in [0.15, 0.2) is 0 Å². The maximum absolute atomic E-state index is 11.3. The number of amides is 1. The van der Waals surface area contributed by atoms with E-state index in [0.717, 1.165) is 11.3 Å². The summed E-state index contributed by atoms with van der Waals surface area (Å²) in [5.74, 6) is -0.0614. The maximum atomic E-state index is 11.3. The van der Waals surface area contributed by atoms with Crippen LogP contribution in [0.2, 0.25) is 0 Å². The standard InChI is InChI=1S/C10H15N3O/c1-8-5-3-4-6-9(8)13-10(14)7-12-11-2/h3-6,11-12H,7H2,1-2H3,(H,13,14). The number of carbonyl (C=O) groups excluding carboxylic acids is 1. The van der Waals surface area contributed by atoms with Gasteiger partial charge < -0.3 is 5.32 Å². The highest BCUT2D eigenvalue weighted by Crippen LogP contribution is 2.12. The third-order valence-electron chi connectivity index (χ3n) is 1.84. The van der Waals surface area contributed by atoms with Crippen LogP contribution in [0.4, 0.5) is 5.69 Å². The Morgan fingerprint density at radius 1 is 1.36 bits per heavy atom. The lowest BCUT2D eigenvalue weighted by Crippen LogP contribution is -2.35. The zero-order chi connectivity index (χ0) is 10.4. The number of para-hydroxylation sites is 1. The Kier molecular flexibility index (Phi) is 4.10. The molecule has 0 unspecified atom stereocenters. The molecular weight excluding hydrogens is 178 g/mol. The van der Waals surface area contributed by atoms with E-state index in [2.05, 4.69) is 16.2 Å². The molecule has 0 atom stereocenters. The summed E-state index contributed by atoms with van der Waals surface area (Å²) in [6.07, 6.45) is 0. The van der Waals surface area contributed by atoms with Crippen LogP contribution >= 0.6 is 0 Å². The minimum Gasteiger partial charge on any atom is -0.325 e. The first-order valence-corrected chi connectivity index (χ1v) is 4.49. The van der Waals surface area contributed by atoms with Crippen molar-refractivity contribution in [3.05, 3.63) is 29.8 Å². The normalized spacial score (nSPS) is 9.86. The summed E-state index contributed by atoms with van der Waals surface area (Å²) in [7, 11) is 1.72. The first-order valence-electron chi connectivity index (χ1n) is 4.49. The smallest absolute Gasteiger partial charge is 0.239 e. The number of nitrogens with one attached hydrogen (secondary N) is 3. The summed E-state index contributed by atoms with van der Waals surface area (Å²) in [6.45, 7) is 2.21. The molecule has 0 fully saturated rings. The Balaban J connectivity index is 2.52. The molecule has 1 amide bonds. The van der Waals surface area contributed by atoms with Crippen LogP contribution in [-0.2, 0) is 4.79 Å². The Morgan fingerprint density at radius 2 is 2.07 bits per heavy atom. The summed E-state index contributed by atoms with van der Waals surface area (Å²) >= 11 is 0. The van der Waals surface area contributed by atoms with Crippen LogP contribution in [0, 0.1) is 6.92 Å². The minimum atomic E-state index is -0.0614. The summed E-state index contributed by atoms with van der Waals surface area (Å²) < 4.78 is 0. The molecule has 14 heavy (non-hydrogen) atoms. The lowest BCUT2D eigenvalue weighted by atomic mass is 10.2. The average Bonchev–Trinajstić information content (AvgIpc) is 2.18. The van der Waals surface area contributed by atoms with E-state index in [1.54, 1.807) is 7.05 Å². The molecule has 1 aromatic carbocycles. The fraction of sp³-hybridized carbons (Fsp3) is 0.300. The summed E-state index contributed by atoms with van der Waals surface area (Å²) in [5, 5.41) is 2.80. The number of hydrogen-bond acceptors (Lipinski definition) is 3. The highest BCUT2D eigenvalue weighted by Gasteiger charge is 2.02. The van der Waals surface area contributed by atoms with Crippen molar-refractivity contribution >= 4 is 11.6 Å². The molecule has 1 aromatic rings. The van der Waals surface area contributed by atoms with E-state index in [1.807, 2.05) is 31.2 Å². The van der Waals surface area contributed by atoms with E-state index in [1.165, 1.54) is 0 Å². The van der Waals surface area contributed by atoms with Gasteiger partial charge in [0.1, 0.15) is 0 Å². The Bertz CT molecular complexity index is 312. The van der Waals surface area contributed by atoms with Crippen molar-refractivity contribution in [2.24, 2.45) is 0 Å². The van der Waals surface area contributed by atoms with E-state index in [0.29, 0.717) is 0 Å². The third kappa shape index (κ3) is 3.16. The molecule has 76 valence electrons. The van der Waals surface area contributed by atoms with Gasteiger partial charge in [0, 0.05) is 5.69 Å². The topological polar surface area (TPSA) is 53.2 Å². The van der Waals surface area contributed by atoms with Gasteiger partial charge in [0.25, 0.3) is 0 Å². The van der Waals surface area contributed by atoms with E-state index in [4.69, 9.17) is 0 Å². The van der Waals surface area contributed by atoms with Gasteiger partial charge in [-0.2, -0.15) is 0 Å². The molecule has 3 N–H and O–H groups in total. The second-order valence-corrected chi connectivity index (χ2v) is 2.97. The maximum Gasteiger partial charge on any atom is 0.239 e. The number of aryl methyl sites for hydroxylation is 1. The molecule has 4 heteroatoms. The van der Waals surface area contributed by atoms with Crippen LogP contribution in [0.15, 0.2) is 24.3 Å². The van der Waals surface area contributed by atoms with Crippen molar-refractivity contribution < 1.29 is 4.79 Å². The quantitative estimate of drug-likeness (QED) is 0.616. The molecule has 0 bridgehead atoms. The first-order chi connectivity index (χ1) is 6.74. The van der Waals surface area contributed by atoms with Crippen molar-refractivity contribution in [3.8, 4) is 0 Å². The molecule has 0 saturated heterocycles. The van der Waals surface area contributed by atoms with Crippen LogP contribution in [0.3, 0.4) is 0 Å². The van der Waals surface area contributed by atoms with Gasteiger partial charge in [-0.15, -0.1) is 0 Å². The van der Waals surface area contributed by atoms with Crippen LogP contribution in [-0.4, -0.2) is 19.5 Å². The zero-order valence-electron chi connectivity index (χ0n) is 8.42.